The molecule has 0 bridgehead atoms. The molecule has 0 N–H and O–H groups in total. The summed E-state index contributed by atoms with van der Waals surface area (Å²) in [5.74, 6) is 0. The molecule has 0 unspecified atom stereocenters. The number of hydrogen-bond donors (Lipinski definition) is 0. The van der Waals surface area contributed by atoms with E-state index >= 15 is 0 Å². The number of nitrogens with zero attached hydrogens (tertiary/aromatic N) is 4. The van der Waals surface area contributed by atoms with Crippen molar-refractivity contribution in [3.8, 4) is 57.1 Å². The van der Waals surface area contributed by atoms with Gasteiger partial charge in [0, 0.05) is 22.3 Å². The van der Waals surface area contributed by atoms with Crippen molar-refractivity contribution in [2.24, 2.45) is 0 Å². The van der Waals surface area contributed by atoms with Gasteiger partial charge >= 0.3 is 12.0 Å². The van der Waals surface area contributed by atoms with Crippen LogP contribution < -0.4 is 9.47 Å². The SMILES string of the molecule is CCCOc1nc(-c2ccccc2)cc(-c2cccc(-c3cc(-c4ccccc4)nc(OCCC)n3)c2)n1. The molecular formula is C32H30N4O2. The highest BCUT2D eigenvalue weighted by Gasteiger charge is 2.13. The fourth-order valence-corrected chi connectivity index (χ4v) is 4.01. The van der Waals surface area contributed by atoms with Crippen LogP contribution in [0.4, 0.5) is 0 Å². The Morgan fingerprint density at radius 2 is 0.816 bits per heavy atom. The van der Waals surface area contributed by atoms with Gasteiger partial charge < -0.3 is 9.47 Å². The van der Waals surface area contributed by atoms with E-state index in [-0.39, 0.29) is 0 Å². The lowest BCUT2D eigenvalue weighted by Gasteiger charge is -2.12. The first-order valence-corrected chi connectivity index (χ1v) is 13.0. The van der Waals surface area contributed by atoms with Crippen molar-refractivity contribution in [1.82, 2.24) is 19.9 Å². The highest BCUT2D eigenvalue weighted by Crippen LogP contribution is 2.31. The quantitative estimate of drug-likeness (QED) is 0.197. The summed E-state index contributed by atoms with van der Waals surface area (Å²) in [4.78, 5) is 18.8. The predicted octanol–water partition coefficient (Wildman–Crippen LogP) is 7.51. The molecule has 190 valence electrons. The van der Waals surface area contributed by atoms with E-state index < -0.39 is 0 Å². The van der Waals surface area contributed by atoms with E-state index in [2.05, 4.69) is 29.9 Å². The lowest BCUT2D eigenvalue weighted by atomic mass is 10.0. The highest BCUT2D eigenvalue weighted by molar-refractivity contribution is 5.74. The van der Waals surface area contributed by atoms with E-state index in [1.165, 1.54) is 0 Å². The zero-order valence-electron chi connectivity index (χ0n) is 21.7. The molecule has 6 heteroatoms. The first kappa shape index (κ1) is 25.1. The summed E-state index contributed by atoms with van der Waals surface area (Å²) < 4.78 is 11.7. The van der Waals surface area contributed by atoms with Gasteiger partial charge in [0.25, 0.3) is 0 Å². The molecule has 3 aromatic carbocycles. The van der Waals surface area contributed by atoms with Gasteiger partial charge in [0.05, 0.1) is 36.0 Å². The first-order valence-electron chi connectivity index (χ1n) is 13.0. The summed E-state index contributed by atoms with van der Waals surface area (Å²) in [6, 6.07) is 33.1. The third-order valence-corrected chi connectivity index (χ3v) is 5.88. The standard InChI is InChI=1S/C32H30N4O2/c1-3-18-37-31-33-27(23-12-7-5-8-13-23)21-29(35-31)25-16-11-17-26(20-25)30-22-28(24-14-9-6-10-15-24)34-32(36-30)38-19-4-2/h5-17,20-22H,3-4,18-19H2,1-2H3. The third-order valence-electron chi connectivity index (χ3n) is 5.88. The Bertz CT molecular complexity index is 1380. The average molecular weight is 503 g/mol. The summed E-state index contributed by atoms with van der Waals surface area (Å²) >= 11 is 0. The van der Waals surface area contributed by atoms with Crippen LogP contribution in [0.2, 0.25) is 0 Å². The zero-order chi connectivity index (χ0) is 26.2. The second kappa shape index (κ2) is 12.1. The van der Waals surface area contributed by atoms with Crippen molar-refractivity contribution >= 4 is 0 Å². The predicted molar refractivity (Wildman–Crippen MR) is 151 cm³/mol. The van der Waals surface area contributed by atoms with Crippen molar-refractivity contribution < 1.29 is 9.47 Å². The van der Waals surface area contributed by atoms with Gasteiger partial charge in [-0.3, -0.25) is 0 Å². The van der Waals surface area contributed by atoms with Gasteiger partial charge in [-0.25, -0.2) is 0 Å². The number of aromatic nitrogens is 4. The van der Waals surface area contributed by atoms with Crippen LogP contribution in [0.25, 0.3) is 45.0 Å². The number of hydrogen-bond acceptors (Lipinski definition) is 6. The summed E-state index contributed by atoms with van der Waals surface area (Å²) in [6.07, 6.45) is 1.76. The Balaban J connectivity index is 1.57. The van der Waals surface area contributed by atoms with Crippen LogP contribution in [0, 0.1) is 0 Å². The number of benzene rings is 3. The van der Waals surface area contributed by atoms with Crippen molar-refractivity contribution in [3.63, 3.8) is 0 Å². The summed E-state index contributed by atoms with van der Waals surface area (Å²) in [5.41, 5.74) is 7.10. The molecule has 0 atom stereocenters. The van der Waals surface area contributed by atoms with E-state index in [9.17, 15) is 0 Å². The van der Waals surface area contributed by atoms with E-state index in [0.29, 0.717) is 25.2 Å². The maximum absolute atomic E-state index is 5.85. The van der Waals surface area contributed by atoms with Crippen molar-refractivity contribution in [3.05, 3.63) is 97.1 Å². The minimum atomic E-state index is 0.372. The molecular weight excluding hydrogens is 472 g/mol. The molecule has 0 aliphatic heterocycles. The molecule has 0 aliphatic carbocycles. The van der Waals surface area contributed by atoms with Gasteiger partial charge in [-0.2, -0.15) is 19.9 Å². The number of ether oxygens (including phenoxy) is 2. The Labute approximate surface area is 223 Å². The molecule has 0 amide bonds. The second-order valence-corrected chi connectivity index (χ2v) is 8.85. The molecule has 0 saturated heterocycles. The topological polar surface area (TPSA) is 70.0 Å². The Morgan fingerprint density at radius 1 is 0.447 bits per heavy atom. The smallest absolute Gasteiger partial charge is 0.317 e. The monoisotopic (exact) mass is 502 g/mol. The van der Waals surface area contributed by atoms with E-state index in [1.54, 1.807) is 0 Å². The van der Waals surface area contributed by atoms with E-state index in [1.807, 2.05) is 91.0 Å². The Kier molecular flexibility index (Phi) is 7.99. The van der Waals surface area contributed by atoms with Crippen molar-refractivity contribution in [1.29, 1.82) is 0 Å². The van der Waals surface area contributed by atoms with Gasteiger partial charge in [0.1, 0.15) is 0 Å². The molecule has 0 saturated carbocycles. The van der Waals surface area contributed by atoms with Crippen LogP contribution in [0.3, 0.4) is 0 Å². The fraction of sp³-hybridized carbons (Fsp3) is 0.188. The van der Waals surface area contributed by atoms with E-state index in [0.717, 1.165) is 57.9 Å². The normalized spacial score (nSPS) is 10.8. The molecule has 2 heterocycles. The van der Waals surface area contributed by atoms with Gasteiger partial charge in [0.15, 0.2) is 0 Å². The number of rotatable bonds is 10. The Morgan fingerprint density at radius 3 is 1.21 bits per heavy atom. The van der Waals surface area contributed by atoms with Gasteiger partial charge in [-0.05, 0) is 31.0 Å². The largest absolute Gasteiger partial charge is 0.463 e. The van der Waals surface area contributed by atoms with Crippen LogP contribution in [0.1, 0.15) is 26.7 Å². The highest BCUT2D eigenvalue weighted by atomic mass is 16.5. The van der Waals surface area contributed by atoms with Crippen LogP contribution in [-0.2, 0) is 0 Å². The molecule has 0 radical (unpaired) electrons. The lowest BCUT2D eigenvalue weighted by molar-refractivity contribution is 0.293. The minimum absolute atomic E-state index is 0.372. The van der Waals surface area contributed by atoms with Crippen LogP contribution in [-0.4, -0.2) is 33.1 Å². The van der Waals surface area contributed by atoms with Gasteiger partial charge in [-0.15, -0.1) is 0 Å². The molecule has 0 aliphatic rings. The van der Waals surface area contributed by atoms with Crippen LogP contribution >= 0.6 is 0 Å². The fourth-order valence-electron chi connectivity index (χ4n) is 4.01. The average Bonchev–Trinajstić information content (AvgIpc) is 2.99. The molecule has 6 nitrogen and oxygen atoms in total. The third kappa shape index (κ3) is 6.03. The first-order chi connectivity index (χ1) is 18.7. The van der Waals surface area contributed by atoms with Gasteiger partial charge in [0.2, 0.25) is 0 Å². The minimum Gasteiger partial charge on any atom is -0.463 e. The zero-order valence-corrected chi connectivity index (χ0v) is 21.7. The van der Waals surface area contributed by atoms with Crippen molar-refractivity contribution in [2.45, 2.75) is 26.7 Å². The molecule has 0 fully saturated rings. The summed E-state index contributed by atoms with van der Waals surface area (Å²) in [6.45, 7) is 5.24. The maximum Gasteiger partial charge on any atom is 0.317 e. The molecule has 0 spiro atoms. The van der Waals surface area contributed by atoms with Crippen LogP contribution in [0.5, 0.6) is 12.0 Å². The molecule has 5 rings (SSSR count). The summed E-state index contributed by atoms with van der Waals surface area (Å²) in [7, 11) is 0. The second-order valence-electron chi connectivity index (χ2n) is 8.85. The van der Waals surface area contributed by atoms with Gasteiger partial charge in [-0.1, -0.05) is 92.7 Å². The van der Waals surface area contributed by atoms with Crippen molar-refractivity contribution in [2.75, 3.05) is 13.2 Å². The summed E-state index contributed by atoms with van der Waals surface area (Å²) in [5, 5.41) is 0. The lowest BCUT2D eigenvalue weighted by Crippen LogP contribution is -2.03. The maximum atomic E-state index is 5.85. The Hall–Kier alpha value is -4.58. The molecule has 2 aromatic heterocycles. The van der Waals surface area contributed by atoms with Crippen LogP contribution in [0.15, 0.2) is 97.1 Å². The molecule has 5 aromatic rings. The van der Waals surface area contributed by atoms with E-state index in [4.69, 9.17) is 19.4 Å². The molecule has 38 heavy (non-hydrogen) atoms.